The number of amides is 2. The number of nitrogens with one attached hydrogen (secondary N) is 2. The zero-order valence-corrected chi connectivity index (χ0v) is 16.5. The van der Waals surface area contributed by atoms with Crippen molar-refractivity contribution >= 4 is 23.4 Å². The Bertz CT molecular complexity index is 1050. The van der Waals surface area contributed by atoms with Gasteiger partial charge in [0.25, 0.3) is 5.91 Å². The number of hydrogen-bond donors (Lipinski definition) is 4. The van der Waals surface area contributed by atoms with Crippen molar-refractivity contribution in [2.75, 3.05) is 18.4 Å². The Morgan fingerprint density at radius 1 is 0.968 bits per heavy atom. The van der Waals surface area contributed by atoms with E-state index in [4.69, 9.17) is 15.9 Å². The number of benzene rings is 2. The second-order valence-electron chi connectivity index (χ2n) is 6.68. The molecule has 31 heavy (non-hydrogen) atoms. The van der Waals surface area contributed by atoms with Crippen LogP contribution in [0.15, 0.2) is 46.9 Å². The van der Waals surface area contributed by atoms with Crippen LogP contribution in [0.4, 0.5) is 20.4 Å². The number of halogens is 2. The number of oxazole rings is 1. The zero-order valence-electron chi connectivity index (χ0n) is 16.5. The molecule has 1 aromatic heterocycles. The number of carbonyl (C=O) groups is 2. The summed E-state index contributed by atoms with van der Waals surface area (Å²) in [5, 5.41) is 5.94. The van der Waals surface area contributed by atoms with E-state index >= 15 is 0 Å². The van der Waals surface area contributed by atoms with Gasteiger partial charge in [-0.3, -0.25) is 9.59 Å². The fraction of sp³-hybridized carbons (Fsp3) is 0.190. The molecule has 4 rings (SSSR count). The number of nitrogens with two attached hydrogens (primary N) is 2. The third-order valence-electron chi connectivity index (χ3n) is 4.42. The van der Waals surface area contributed by atoms with E-state index in [0.29, 0.717) is 5.69 Å². The highest BCUT2D eigenvalue weighted by molar-refractivity contribution is 5.97. The summed E-state index contributed by atoms with van der Waals surface area (Å²) >= 11 is 0. The predicted octanol–water partition coefficient (Wildman–Crippen LogP) is 2.93. The van der Waals surface area contributed by atoms with E-state index in [1.165, 1.54) is 56.3 Å². The van der Waals surface area contributed by atoms with Crippen molar-refractivity contribution in [3.63, 3.8) is 0 Å². The predicted molar refractivity (Wildman–Crippen MR) is 111 cm³/mol. The average molecular weight is 429 g/mol. The van der Waals surface area contributed by atoms with Gasteiger partial charge in [-0.15, -0.1) is 0 Å². The van der Waals surface area contributed by atoms with E-state index in [1.807, 2.05) is 0 Å². The van der Waals surface area contributed by atoms with E-state index in [0.717, 1.165) is 12.1 Å². The molecule has 0 saturated carbocycles. The summed E-state index contributed by atoms with van der Waals surface area (Å²) < 4.78 is 33.1. The SMILES string of the molecule is C1CCNC1.NC(=O)c1ccc(Nc2oc(-c3c(F)cccc3F)nc2C(N)=O)cc1. The lowest BCUT2D eigenvalue weighted by atomic mass is 10.2. The van der Waals surface area contributed by atoms with Crippen molar-refractivity contribution in [2.45, 2.75) is 12.8 Å². The number of hydrogen-bond acceptors (Lipinski definition) is 6. The number of nitrogens with zero attached hydrogens (tertiary/aromatic N) is 1. The lowest BCUT2D eigenvalue weighted by Crippen LogP contribution is -2.13. The fourth-order valence-corrected chi connectivity index (χ4v) is 2.85. The molecule has 6 N–H and O–H groups in total. The van der Waals surface area contributed by atoms with Crippen LogP contribution in [0, 0.1) is 11.6 Å². The summed E-state index contributed by atoms with van der Waals surface area (Å²) in [5.74, 6) is -3.99. The molecule has 1 aliphatic rings. The lowest BCUT2D eigenvalue weighted by Gasteiger charge is -2.04. The van der Waals surface area contributed by atoms with Crippen molar-refractivity contribution in [1.82, 2.24) is 10.3 Å². The Labute approximate surface area is 176 Å². The number of rotatable bonds is 5. The van der Waals surface area contributed by atoms with Gasteiger partial charge in [-0.25, -0.2) is 13.8 Å². The van der Waals surface area contributed by atoms with Gasteiger partial charge >= 0.3 is 0 Å². The minimum atomic E-state index is -0.951. The third kappa shape index (κ3) is 5.43. The fourth-order valence-electron chi connectivity index (χ4n) is 2.85. The van der Waals surface area contributed by atoms with Crippen LogP contribution in [0.5, 0.6) is 0 Å². The summed E-state index contributed by atoms with van der Waals surface area (Å²) in [6.07, 6.45) is 2.78. The molecule has 0 radical (unpaired) electrons. The van der Waals surface area contributed by atoms with Crippen molar-refractivity contribution < 1.29 is 22.8 Å². The summed E-state index contributed by atoms with van der Waals surface area (Å²) in [5.41, 5.74) is 10.2. The first-order chi connectivity index (χ1) is 14.9. The Hall–Kier alpha value is -3.79. The van der Waals surface area contributed by atoms with Crippen molar-refractivity contribution in [3.8, 4) is 11.5 Å². The lowest BCUT2D eigenvalue weighted by molar-refractivity contribution is 0.0990. The normalized spacial score (nSPS) is 12.7. The quantitative estimate of drug-likeness (QED) is 0.492. The largest absolute Gasteiger partial charge is 0.419 e. The molecule has 162 valence electrons. The molecule has 1 aliphatic heterocycles. The Morgan fingerprint density at radius 2 is 1.58 bits per heavy atom. The van der Waals surface area contributed by atoms with Crippen molar-refractivity contribution in [3.05, 3.63) is 65.4 Å². The molecule has 2 aromatic carbocycles. The highest BCUT2D eigenvalue weighted by Gasteiger charge is 2.23. The van der Waals surface area contributed by atoms with Gasteiger partial charge in [0, 0.05) is 11.3 Å². The molecule has 1 saturated heterocycles. The van der Waals surface area contributed by atoms with Crippen LogP contribution in [0.25, 0.3) is 11.5 Å². The summed E-state index contributed by atoms with van der Waals surface area (Å²) in [4.78, 5) is 26.4. The first-order valence-corrected chi connectivity index (χ1v) is 9.49. The number of aromatic nitrogens is 1. The van der Waals surface area contributed by atoms with Gasteiger partial charge in [-0.2, -0.15) is 0 Å². The smallest absolute Gasteiger partial charge is 0.273 e. The van der Waals surface area contributed by atoms with E-state index in [-0.39, 0.29) is 17.1 Å². The van der Waals surface area contributed by atoms with Gasteiger partial charge < -0.3 is 26.5 Å². The first-order valence-electron chi connectivity index (χ1n) is 9.49. The molecule has 3 aromatic rings. The number of carbonyl (C=O) groups excluding carboxylic acids is 2. The molecular weight excluding hydrogens is 408 g/mol. The van der Waals surface area contributed by atoms with Crippen LogP contribution in [0.3, 0.4) is 0 Å². The van der Waals surface area contributed by atoms with Crippen LogP contribution in [-0.2, 0) is 0 Å². The van der Waals surface area contributed by atoms with Gasteiger partial charge in [0.05, 0.1) is 0 Å². The summed E-state index contributed by atoms with van der Waals surface area (Å²) in [6.45, 7) is 2.50. The molecule has 0 bridgehead atoms. The van der Waals surface area contributed by atoms with Gasteiger partial charge in [0.1, 0.15) is 17.2 Å². The van der Waals surface area contributed by atoms with Gasteiger partial charge in [0.2, 0.25) is 17.7 Å². The highest BCUT2D eigenvalue weighted by Crippen LogP contribution is 2.31. The molecule has 2 heterocycles. The minimum absolute atomic E-state index is 0.193. The maximum Gasteiger partial charge on any atom is 0.273 e. The maximum atomic E-state index is 13.9. The Morgan fingerprint density at radius 3 is 2.06 bits per heavy atom. The molecule has 0 unspecified atom stereocenters. The molecule has 0 spiro atoms. The highest BCUT2D eigenvalue weighted by atomic mass is 19.1. The van der Waals surface area contributed by atoms with Crippen LogP contribution in [-0.4, -0.2) is 29.9 Å². The monoisotopic (exact) mass is 429 g/mol. The van der Waals surface area contributed by atoms with Crippen molar-refractivity contribution in [1.29, 1.82) is 0 Å². The molecule has 10 heteroatoms. The van der Waals surface area contributed by atoms with Crippen LogP contribution >= 0.6 is 0 Å². The Kier molecular flexibility index (Phi) is 6.93. The molecular formula is C21H21F2N5O3. The van der Waals surface area contributed by atoms with Crippen LogP contribution in [0.1, 0.15) is 33.7 Å². The molecule has 0 aliphatic carbocycles. The summed E-state index contributed by atoms with van der Waals surface area (Å²) in [6, 6.07) is 9.13. The first kappa shape index (κ1) is 21.9. The molecule has 8 nitrogen and oxygen atoms in total. The number of anilines is 2. The van der Waals surface area contributed by atoms with Crippen molar-refractivity contribution in [2.24, 2.45) is 11.5 Å². The molecule has 0 atom stereocenters. The van der Waals surface area contributed by atoms with E-state index in [2.05, 4.69) is 15.6 Å². The number of primary amides is 2. The van der Waals surface area contributed by atoms with Gasteiger partial charge in [0.15, 0.2) is 5.69 Å². The van der Waals surface area contributed by atoms with E-state index < -0.39 is 34.9 Å². The maximum absolute atomic E-state index is 13.9. The van der Waals surface area contributed by atoms with Gasteiger partial charge in [-0.1, -0.05) is 6.07 Å². The zero-order chi connectivity index (χ0) is 22.4. The topological polar surface area (TPSA) is 136 Å². The minimum Gasteiger partial charge on any atom is -0.419 e. The van der Waals surface area contributed by atoms with Crippen LogP contribution in [0.2, 0.25) is 0 Å². The van der Waals surface area contributed by atoms with Crippen LogP contribution < -0.4 is 22.1 Å². The third-order valence-corrected chi connectivity index (χ3v) is 4.42. The molecule has 1 fully saturated rings. The standard InChI is InChI=1S/C17H12F2N4O3.C4H9N/c18-10-2-1-3-11(19)12(10)16-23-13(15(21)25)17(26-16)22-9-6-4-8(5-7-9)14(20)24;1-2-4-5-3-1/h1-7,22H,(H2,20,24)(H2,21,25);5H,1-4H2. The van der Waals surface area contributed by atoms with Gasteiger partial charge in [-0.05, 0) is 62.3 Å². The Balaban J connectivity index is 0.000000478. The van der Waals surface area contributed by atoms with E-state index in [9.17, 15) is 18.4 Å². The molecule has 2 amide bonds. The average Bonchev–Trinajstić information content (AvgIpc) is 3.42. The second kappa shape index (κ2) is 9.81. The van der Waals surface area contributed by atoms with E-state index in [1.54, 1.807) is 0 Å². The second-order valence-corrected chi connectivity index (χ2v) is 6.68. The summed E-state index contributed by atoms with van der Waals surface area (Å²) in [7, 11) is 0.